The lowest BCUT2D eigenvalue weighted by Gasteiger charge is -2.22. The summed E-state index contributed by atoms with van der Waals surface area (Å²) in [5.74, 6) is 0. The fourth-order valence-corrected chi connectivity index (χ4v) is 1.96. The molecule has 0 heterocycles. The zero-order valence-corrected chi connectivity index (χ0v) is 10.3. The highest BCUT2D eigenvalue weighted by Gasteiger charge is 2.12. The summed E-state index contributed by atoms with van der Waals surface area (Å²) < 4.78 is 5.81. The molecule has 0 radical (unpaired) electrons. The molecular formula is C12H26N2O. The number of rotatable bonds is 7. The average molecular weight is 214 g/mol. The fourth-order valence-electron chi connectivity index (χ4n) is 1.96. The molecule has 0 bridgehead atoms. The quantitative estimate of drug-likeness (QED) is 0.650. The summed E-state index contributed by atoms with van der Waals surface area (Å²) in [5.41, 5.74) is 0. The van der Waals surface area contributed by atoms with E-state index in [1.165, 1.54) is 32.1 Å². The Hall–Kier alpha value is -0.120. The van der Waals surface area contributed by atoms with Crippen molar-refractivity contribution < 1.29 is 4.74 Å². The van der Waals surface area contributed by atoms with E-state index in [4.69, 9.17) is 4.74 Å². The van der Waals surface area contributed by atoms with Gasteiger partial charge in [0.15, 0.2) is 0 Å². The second kappa shape index (κ2) is 8.08. The molecule has 0 saturated heterocycles. The smallest absolute Gasteiger partial charge is 0.0594 e. The third-order valence-corrected chi connectivity index (χ3v) is 2.92. The first-order valence-electron chi connectivity index (χ1n) is 6.26. The van der Waals surface area contributed by atoms with Crippen molar-refractivity contribution in [2.45, 2.75) is 38.2 Å². The molecule has 1 fully saturated rings. The van der Waals surface area contributed by atoms with Gasteiger partial charge in [0.25, 0.3) is 0 Å². The van der Waals surface area contributed by atoms with Crippen molar-refractivity contribution in [3.8, 4) is 0 Å². The van der Waals surface area contributed by atoms with Crippen molar-refractivity contribution in [2.75, 3.05) is 40.3 Å². The Morgan fingerprint density at radius 3 is 2.53 bits per heavy atom. The van der Waals surface area contributed by atoms with Crippen LogP contribution < -0.4 is 5.32 Å². The van der Waals surface area contributed by atoms with E-state index in [-0.39, 0.29) is 0 Å². The molecule has 1 aliphatic rings. The van der Waals surface area contributed by atoms with Crippen molar-refractivity contribution in [1.82, 2.24) is 10.2 Å². The minimum Gasteiger partial charge on any atom is -0.377 e. The average Bonchev–Trinajstić information content (AvgIpc) is 2.24. The molecule has 0 aromatic carbocycles. The molecule has 0 aromatic rings. The van der Waals surface area contributed by atoms with Gasteiger partial charge in [-0.3, -0.25) is 0 Å². The standard InChI is InChI=1S/C12H26N2O/c1-14(2)10-8-13-9-11-15-12-6-4-3-5-7-12/h12-13H,3-11H2,1-2H3. The Morgan fingerprint density at radius 1 is 1.13 bits per heavy atom. The zero-order chi connectivity index (χ0) is 10.9. The molecule has 0 unspecified atom stereocenters. The molecular weight excluding hydrogens is 188 g/mol. The second-order valence-electron chi connectivity index (χ2n) is 4.68. The normalized spacial score (nSPS) is 18.6. The summed E-state index contributed by atoms with van der Waals surface area (Å²) in [6.45, 7) is 4.02. The van der Waals surface area contributed by atoms with Gasteiger partial charge < -0.3 is 15.0 Å². The minimum absolute atomic E-state index is 0.550. The third-order valence-electron chi connectivity index (χ3n) is 2.92. The van der Waals surface area contributed by atoms with Crippen LogP contribution >= 0.6 is 0 Å². The number of ether oxygens (including phenoxy) is 1. The molecule has 0 atom stereocenters. The minimum atomic E-state index is 0.550. The van der Waals surface area contributed by atoms with E-state index >= 15 is 0 Å². The molecule has 1 rings (SSSR count). The van der Waals surface area contributed by atoms with Gasteiger partial charge in [0, 0.05) is 19.6 Å². The van der Waals surface area contributed by atoms with Crippen LogP contribution in [0.2, 0.25) is 0 Å². The summed E-state index contributed by atoms with van der Waals surface area (Å²) in [4.78, 5) is 2.19. The van der Waals surface area contributed by atoms with Gasteiger partial charge in [-0.2, -0.15) is 0 Å². The van der Waals surface area contributed by atoms with Crippen LogP contribution in [0.25, 0.3) is 0 Å². The zero-order valence-electron chi connectivity index (χ0n) is 10.3. The Morgan fingerprint density at radius 2 is 1.87 bits per heavy atom. The van der Waals surface area contributed by atoms with Crippen molar-refractivity contribution in [3.63, 3.8) is 0 Å². The summed E-state index contributed by atoms with van der Waals surface area (Å²) >= 11 is 0. The van der Waals surface area contributed by atoms with Crippen LogP contribution in [-0.2, 0) is 4.74 Å². The van der Waals surface area contributed by atoms with Crippen molar-refractivity contribution in [2.24, 2.45) is 0 Å². The topological polar surface area (TPSA) is 24.5 Å². The van der Waals surface area contributed by atoms with E-state index in [1.54, 1.807) is 0 Å². The number of nitrogens with zero attached hydrogens (tertiary/aromatic N) is 1. The highest BCUT2D eigenvalue weighted by atomic mass is 16.5. The van der Waals surface area contributed by atoms with Gasteiger partial charge >= 0.3 is 0 Å². The van der Waals surface area contributed by atoms with Crippen molar-refractivity contribution in [3.05, 3.63) is 0 Å². The maximum absolute atomic E-state index is 5.81. The number of hydrogen-bond acceptors (Lipinski definition) is 3. The maximum atomic E-state index is 5.81. The molecule has 3 heteroatoms. The van der Waals surface area contributed by atoms with E-state index < -0.39 is 0 Å². The largest absolute Gasteiger partial charge is 0.377 e. The molecule has 0 spiro atoms. The first-order chi connectivity index (χ1) is 7.29. The summed E-state index contributed by atoms with van der Waals surface area (Å²) in [7, 11) is 4.19. The SMILES string of the molecule is CN(C)CCNCCOC1CCCCC1. The van der Waals surface area contributed by atoms with Gasteiger partial charge in [-0.25, -0.2) is 0 Å². The van der Waals surface area contributed by atoms with Crippen LogP contribution in [0.15, 0.2) is 0 Å². The second-order valence-corrected chi connectivity index (χ2v) is 4.68. The monoisotopic (exact) mass is 214 g/mol. The predicted octanol–water partition coefficient (Wildman–Crippen LogP) is 1.49. The van der Waals surface area contributed by atoms with Crippen LogP contribution in [0.1, 0.15) is 32.1 Å². The molecule has 0 aliphatic heterocycles. The number of hydrogen-bond donors (Lipinski definition) is 1. The highest BCUT2D eigenvalue weighted by molar-refractivity contribution is 4.65. The van der Waals surface area contributed by atoms with E-state index in [2.05, 4.69) is 24.3 Å². The first-order valence-corrected chi connectivity index (χ1v) is 6.26. The lowest BCUT2D eigenvalue weighted by atomic mass is 9.98. The summed E-state index contributed by atoms with van der Waals surface area (Å²) in [6, 6.07) is 0. The van der Waals surface area contributed by atoms with Crippen LogP contribution in [0, 0.1) is 0 Å². The fraction of sp³-hybridized carbons (Fsp3) is 1.00. The Kier molecular flexibility index (Phi) is 6.98. The van der Waals surface area contributed by atoms with E-state index in [9.17, 15) is 0 Å². The third kappa shape index (κ3) is 6.88. The molecule has 1 saturated carbocycles. The van der Waals surface area contributed by atoms with Gasteiger partial charge in [0.1, 0.15) is 0 Å². The Bertz CT molecular complexity index is 145. The molecule has 0 aromatic heterocycles. The lowest BCUT2D eigenvalue weighted by Crippen LogP contribution is -2.30. The molecule has 90 valence electrons. The Balaban J connectivity index is 1.83. The molecule has 0 amide bonds. The molecule has 3 nitrogen and oxygen atoms in total. The van der Waals surface area contributed by atoms with E-state index in [1.807, 2.05) is 0 Å². The van der Waals surface area contributed by atoms with Crippen LogP contribution in [-0.4, -0.2) is 51.3 Å². The molecule has 1 N–H and O–H groups in total. The van der Waals surface area contributed by atoms with Gasteiger partial charge in [-0.15, -0.1) is 0 Å². The van der Waals surface area contributed by atoms with Gasteiger partial charge in [0.05, 0.1) is 12.7 Å². The van der Waals surface area contributed by atoms with Crippen molar-refractivity contribution in [1.29, 1.82) is 0 Å². The van der Waals surface area contributed by atoms with Crippen molar-refractivity contribution >= 4 is 0 Å². The van der Waals surface area contributed by atoms with Gasteiger partial charge in [-0.05, 0) is 26.9 Å². The Labute approximate surface area is 94.2 Å². The number of nitrogens with one attached hydrogen (secondary N) is 1. The lowest BCUT2D eigenvalue weighted by molar-refractivity contribution is 0.0303. The summed E-state index contributed by atoms with van der Waals surface area (Å²) in [5, 5.41) is 3.39. The van der Waals surface area contributed by atoms with E-state index in [0.717, 1.165) is 26.2 Å². The molecule has 15 heavy (non-hydrogen) atoms. The first kappa shape index (κ1) is 12.9. The van der Waals surface area contributed by atoms with E-state index in [0.29, 0.717) is 6.10 Å². The highest BCUT2D eigenvalue weighted by Crippen LogP contribution is 2.19. The van der Waals surface area contributed by atoms with Gasteiger partial charge in [0.2, 0.25) is 0 Å². The number of likely N-dealkylation sites (N-methyl/N-ethyl adjacent to an activating group) is 1. The van der Waals surface area contributed by atoms with Crippen LogP contribution in [0.3, 0.4) is 0 Å². The predicted molar refractivity (Wildman–Crippen MR) is 64.2 cm³/mol. The summed E-state index contributed by atoms with van der Waals surface area (Å²) in [6.07, 6.45) is 7.22. The van der Waals surface area contributed by atoms with Crippen LogP contribution in [0.4, 0.5) is 0 Å². The van der Waals surface area contributed by atoms with Crippen LogP contribution in [0.5, 0.6) is 0 Å². The molecule has 1 aliphatic carbocycles. The maximum Gasteiger partial charge on any atom is 0.0594 e. The van der Waals surface area contributed by atoms with Gasteiger partial charge in [-0.1, -0.05) is 19.3 Å².